The van der Waals surface area contributed by atoms with Crippen LogP contribution in [0.5, 0.6) is 0 Å². The number of hydrogen-bond acceptors (Lipinski definition) is 7. The Labute approximate surface area is 182 Å². The largest absolute Gasteiger partial charge is 0.452 e. The van der Waals surface area contributed by atoms with E-state index in [4.69, 9.17) is 4.74 Å². The van der Waals surface area contributed by atoms with Crippen LogP contribution < -0.4 is 5.32 Å². The van der Waals surface area contributed by atoms with Gasteiger partial charge in [-0.3, -0.25) is 24.5 Å². The van der Waals surface area contributed by atoms with Gasteiger partial charge in [0.25, 0.3) is 11.6 Å². The molecule has 1 saturated carbocycles. The maximum absolute atomic E-state index is 13.0. The molecule has 0 radical (unpaired) electrons. The zero-order valence-electron chi connectivity index (χ0n) is 17.1. The number of benzene rings is 2. The number of hydrogen-bond donors (Lipinski definition) is 1. The molecule has 0 heterocycles. The van der Waals surface area contributed by atoms with E-state index in [1.165, 1.54) is 18.2 Å². The van der Waals surface area contributed by atoms with Gasteiger partial charge < -0.3 is 10.1 Å². The van der Waals surface area contributed by atoms with Crippen molar-refractivity contribution in [3.8, 4) is 0 Å². The summed E-state index contributed by atoms with van der Waals surface area (Å²) in [5.41, 5.74) is -1.70. The molecule has 0 saturated heterocycles. The number of amides is 1. The third-order valence-corrected chi connectivity index (χ3v) is 5.77. The highest BCUT2D eigenvalue weighted by atomic mass is 16.6. The Morgan fingerprint density at radius 3 is 2.28 bits per heavy atom. The van der Waals surface area contributed by atoms with Gasteiger partial charge in [0.15, 0.2) is 12.4 Å². The Kier molecular flexibility index (Phi) is 5.81. The van der Waals surface area contributed by atoms with Gasteiger partial charge in [-0.25, -0.2) is 4.79 Å². The maximum atomic E-state index is 13.0. The predicted molar refractivity (Wildman–Crippen MR) is 112 cm³/mol. The zero-order chi connectivity index (χ0) is 22.8. The lowest BCUT2D eigenvalue weighted by Crippen LogP contribution is -2.38. The van der Waals surface area contributed by atoms with Gasteiger partial charge in [0.05, 0.1) is 4.92 Å². The van der Waals surface area contributed by atoms with E-state index >= 15 is 0 Å². The van der Waals surface area contributed by atoms with Gasteiger partial charge >= 0.3 is 5.97 Å². The summed E-state index contributed by atoms with van der Waals surface area (Å²) in [5.74, 6) is -2.86. The first-order valence-corrected chi connectivity index (χ1v) is 10.3. The van der Waals surface area contributed by atoms with Crippen molar-refractivity contribution < 1.29 is 28.8 Å². The van der Waals surface area contributed by atoms with Crippen LogP contribution in [0.1, 0.15) is 74.3 Å². The van der Waals surface area contributed by atoms with Crippen LogP contribution in [-0.2, 0) is 9.53 Å². The van der Waals surface area contributed by atoms with Crippen molar-refractivity contribution in [1.29, 1.82) is 0 Å². The molecule has 4 rings (SSSR count). The van der Waals surface area contributed by atoms with E-state index in [0.717, 1.165) is 38.2 Å². The molecular weight excluding hydrogens is 416 g/mol. The summed E-state index contributed by atoms with van der Waals surface area (Å²) in [6.45, 7) is -0.598. The van der Waals surface area contributed by atoms with Crippen molar-refractivity contribution in [1.82, 2.24) is 5.32 Å². The fraction of sp³-hybridized carbons (Fsp3) is 0.304. The lowest BCUT2D eigenvalue weighted by atomic mass is 9.82. The number of carbonyl (C=O) groups excluding carboxylic acids is 4. The van der Waals surface area contributed by atoms with Gasteiger partial charge in [-0.1, -0.05) is 43.5 Å². The van der Waals surface area contributed by atoms with Gasteiger partial charge in [0.1, 0.15) is 11.1 Å². The van der Waals surface area contributed by atoms with Crippen LogP contribution >= 0.6 is 0 Å². The number of nitro benzene ring substituents is 1. The van der Waals surface area contributed by atoms with Crippen LogP contribution in [-0.4, -0.2) is 41.0 Å². The van der Waals surface area contributed by atoms with Crippen molar-refractivity contribution in [3.63, 3.8) is 0 Å². The summed E-state index contributed by atoms with van der Waals surface area (Å²) in [5, 5.41) is 14.6. The lowest BCUT2D eigenvalue weighted by Gasteiger charge is -2.22. The van der Waals surface area contributed by atoms with Gasteiger partial charge in [0, 0.05) is 22.7 Å². The third-order valence-electron chi connectivity index (χ3n) is 5.77. The summed E-state index contributed by atoms with van der Waals surface area (Å²) < 4.78 is 4.99. The number of nitrogens with zero attached hydrogens (tertiary/aromatic N) is 1. The molecule has 0 aromatic heterocycles. The highest BCUT2D eigenvalue weighted by Crippen LogP contribution is 2.35. The number of ether oxygens (including phenoxy) is 1. The summed E-state index contributed by atoms with van der Waals surface area (Å²) in [4.78, 5) is 61.4. The lowest BCUT2D eigenvalue weighted by molar-refractivity contribution is -0.385. The molecule has 2 aromatic carbocycles. The Hall–Kier alpha value is -3.88. The highest BCUT2D eigenvalue weighted by molar-refractivity contribution is 6.30. The van der Waals surface area contributed by atoms with Crippen LogP contribution in [0.4, 0.5) is 5.69 Å². The molecule has 2 aromatic rings. The average Bonchev–Trinajstić information content (AvgIpc) is 2.80. The quantitative estimate of drug-likeness (QED) is 0.369. The topological polar surface area (TPSA) is 133 Å². The van der Waals surface area contributed by atoms with E-state index in [1.54, 1.807) is 12.1 Å². The van der Waals surface area contributed by atoms with Gasteiger partial charge in [-0.2, -0.15) is 0 Å². The number of esters is 1. The molecule has 0 aliphatic heterocycles. The van der Waals surface area contributed by atoms with Crippen molar-refractivity contribution in [2.75, 3.05) is 6.61 Å². The minimum atomic E-state index is -1.11. The number of ketones is 2. The number of carbonyl (C=O) groups is 4. The molecule has 0 atom stereocenters. The number of rotatable bonds is 5. The molecule has 9 nitrogen and oxygen atoms in total. The van der Waals surface area contributed by atoms with Crippen molar-refractivity contribution in [2.45, 2.75) is 38.1 Å². The molecule has 2 aliphatic carbocycles. The second kappa shape index (κ2) is 8.70. The first kappa shape index (κ1) is 21.4. The molecule has 0 unspecified atom stereocenters. The monoisotopic (exact) mass is 436 g/mol. The summed E-state index contributed by atoms with van der Waals surface area (Å²) in [6, 6.07) is 8.32. The normalized spacial score (nSPS) is 15.5. The van der Waals surface area contributed by atoms with Crippen molar-refractivity contribution in [2.24, 2.45) is 0 Å². The molecule has 1 amide bonds. The minimum absolute atomic E-state index is 0.0248. The van der Waals surface area contributed by atoms with Crippen molar-refractivity contribution >= 4 is 29.1 Å². The highest BCUT2D eigenvalue weighted by Gasteiger charge is 2.39. The van der Waals surface area contributed by atoms with Gasteiger partial charge in [0.2, 0.25) is 5.78 Å². The van der Waals surface area contributed by atoms with Crippen LogP contribution in [0.3, 0.4) is 0 Å². The molecule has 1 fully saturated rings. The fourth-order valence-corrected chi connectivity index (χ4v) is 4.25. The van der Waals surface area contributed by atoms with E-state index in [-0.39, 0.29) is 22.7 Å². The summed E-state index contributed by atoms with van der Waals surface area (Å²) in [6.07, 6.45) is 4.86. The number of nitro groups is 1. The predicted octanol–water partition coefficient (Wildman–Crippen LogP) is 2.98. The van der Waals surface area contributed by atoms with Crippen LogP contribution in [0, 0.1) is 10.1 Å². The number of nitrogens with one attached hydrogen (secondary N) is 1. The summed E-state index contributed by atoms with van der Waals surface area (Å²) in [7, 11) is 0. The second-order valence-electron chi connectivity index (χ2n) is 7.82. The van der Waals surface area contributed by atoms with E-state index in [9.17, 15) is 29.3 Å². The molecule has 164 valence electrons. The van der Waals surface area contributed by atoms with Gasteiger partial charge in [-0.05, 0) is 25.0 Å². The SMILES string of the molecule is O=C(COC(=O)c1ccc2c(c1[N+](=O)[O-])C(=O)c1ccccc1C2=O)NC1CCCCC1. The Bertz CT molecular complexity index is 1150. The number of fused-ring (bicyclic) bond motifs is 2. The first-order valence-electron chi connectivity index (χ1n) is 10.3. The Morgan fingerprint density at radius 1 is 0.969 bits per heavy atom. The molecular formula is C23H20N2O7. The van der Waals surface area contributed by atoms with E-state index in [2.05, 4.69) is 5.32 Å². The second-order valence-corrected chi connectivity index (χ2v) is 7.82. The van der Waals surface area contributed by atoms with Crippen molar-refractivity contribution in [3.05, 3.63) is 74.3 Å². The first-order chi connectivity index (χ1) is 15.4. The average molecular weight is 436 g/mol. The standard InChI is InChI=1S/C23H20N2O7/c26-18(24-13-6-2-1-3-7-13)12-32-23(29)17-11-10-16-19(20(17)25(30)31)22(28)15-9-5-4-8-14(15)21(16)27/h4-5,8-11,13H,1-3,6-7,12H2,(H,24,26). The van der Waals surface area contributed by atoms with Crippen LogP contribution in [0.15, 0.2) is 36.4 Å². The summed E-state index contributed by atoms with van der Waals surface area (Å²) >= 11 is 0. The molecule has 0 bridgehead atoms. The van der Waals surface area contributed by atoms with Gasteiger partial charge in [-0.15, -0.1) is 0 Å². The third kappa shape index (κ3) is 3.89. The fourth-order valence-electron chi connectivity index (χ4n) is 4.25. The minimum Gasteiger partial charge on any atom is -0.452 e. The Balaban J connectivity index is 1.59. The molecule has 32 heavy (non-hydrogen) atoms. The van der Waals surface area contributed by atoms with E-state index < -0.39 is 51.8 Å². The maximum Gasteiger partial charge on any atom is 0.345 e. The van der Waals surface area contributed by atoms with Crippen LogP contribution in [0.25, 0.3) is 0 Å². The van der Waals surface area contributed by atoms with E-state index in [1.807, 2.05) is 0 Å². The Morgan fingerprint density at radius 2 is 1.62 bits per heavy atom. The molecule has 9 heteroatoms. The smallest absolute Gasteiger partial charge is 0.345 e. The zero-order valence-corrected chi connectivity index (χ0v) is 17.1. The van der Waals surface area contributed by atoms with Crippen LogP contribution in [0.2, 0.25) is 0 Å². The molecule has 0 spiro atoms. The molecule has 1 N–H and O–H groups in total. The molecule has 2 aliphatic rings. The van der Waals surface area contributed by atoms with E-state index in [0.29, 0.717) is 0 Å².